The van der Waals surface area contributed by atoms with Gasteiger partial charge < -0.3 is 18.9 Å². The Balaban J connectivity index is 4.60. The molecule has 0 fully saturated rings. The van der Waals surface area contributed by atoms with Crippen LogP contribution in [-0.4, -0.2) is 67.8 Å². The van der Waals surface area contributed by atoms with Gasteiger partial charge in [0.05, 0.1) is 19.0 Å². The average Bonchev–Trinajstić information content (AvgIpc) is 2.84. The smallest absolute Gasteiger partial charge is 0.145 e. The summed E-state index contributed by atoms with van der Waals surface area (Å²) >= 11 is 0. The minimum absolute atomic E-state index is 0.261. The first-order valence-corrected chi connectivity index (χ1v) is 20.8. The van der Waals surface area contributed by atoms with Gasteiger partial charge in [-0.15, -0.1) is 0 Å². The molecule has 0 unspecified atom stereocenters. The Morgan fingerprint density at radius 3 is 1.12 bits per heavy atom. The van der Waals surface area contributed by atoms with Crippen LogP contribution in [0.5, 0.6) is 0 Å². The summed E-state index contributed by atoms with van der Waals surface area (Å²) in [7, 11) is 5.01. The third-order valence-electron chi connectivity index (χ3n) is 5.33. The van der Waals surface area contributed by atoms with Crippen molar-refractivity contribution in [2.24, 2.45) is 0 Å². The second-order valence-corrected chi connectivity index (χ2v) is 17.7. The molecular formula is C24H54O4S3Si2. The molecule has 0 aromatic heterocycles. The van der Waals surface area contributed by atoms with Crippen LogP contribution >= 0.6 is 31.4 Å². The van der Waals surface area contributed by atoms with Gasteiger partial charge >= 0.3 is 0 Å². The third-order valence-corrected chi connectivity index (χ3v) is 14.7. The summed E-state index contributed by atoms with van der Waals surface area (Å²) in [6.07, 6.45) is 8.73. The van der Waals surface area contributed by atoms with E-state index in [0.717, 1.165) is 76.5 Å². The normalized spacial score (nSPS) is 13.3. The lowest BCUT2D eigenvalue weighted by molar-refractivity contribution is -0.182. The molecule has 0 rings (SSSR count). The number of rotatable bonds is 26. The molecule has 0 saturated heterocycles. The van der Waals surface area contributed by atoms with Gasteiger partial charge in [-0.1, -0.05) is 88.1 Å². The van der Waals surface area contributed by atoms with Crippen molar-refractivity contribution in [3.05, 3.63) is 0 Å². The zero-order valence-corrected chi connectivity index (χ0v) is 27.9. The van der Waals surface area contributed by atoms with E-state index in [1.807, 2.05) is 31.4 Å². The van der Waals surface area contributed by atoms with Gasteiger partial charge in [0, 0.05) is 50.8 Å². The van der Waals surface area contributed by atoms with Gasteiger partial charge in [-0.2, -0.15) is 0 Å². The Hall–Kier alpha value is 1.32. The summed E-state index contributed by atoms with van der Waals surface area (Å²) in [5, 5.41) is 0. The molecule has 0 aliphatic heterocycles. The van der Waals surface area contributed by atoms with E-state index in [9.17, 15) is 0 Å². The standard InChI is InChI=1S/C24H54O4S3Si2/c1-7-15-25-23(26-16-8-2,32-21-11-5)13-19-29-31-30-20-14-24(27-17-9-3,28-18-10-4)33-22-12-6/h7-22,32-33H2,1-6H3. The fraction of sp³-hybridized carbons (Fsp3) is 1.00. The Kier molecular flexibility index (Phi) is 24.7. The van der Waals surface area contributed by atoms with Crippen LogP contribution in [0.15, 0.2) is 0 Å². The van der Waals surface area contributed by atoms with E-state index < -0.39 is 19.0 Å². The number of hydrogen-bond acceptors (Lipinski definition) is 7. The molecule has 0 aromatic carbocycles. The van der Waals surface area contributed by atoms with Gasteiger partial charge in [0.25, 0.3) is 0 Å². The van der Waals surface area contributed by atoms with E-state index in [1.165, 1.54) is 24.9 Å². The topological polar surface area (TPSA) is 36.9 Å². The van der Waals surface area contributed by atoms with Crippen molar-refractivity contribution < 1.29 is 18.9 Å². The minimum atomic E-state index is -0.412. The summed E-state index contributed by atoms with van der Waals surface area (Å²) < 4.78 is 25.4. The van der Waals surface area contributed by atoms with Gasteiger partial charge in [0.15, 0.2) is 0 Å². The lowest BCUT2D eigenvalue weighted by Crippen LogP contribution is -2.43. The van der Waals surface area contributed by atoms with Crippen molar-refractivity contribution in [1.82, 2.24) is 0 Å². The van der Waals surface area contributed by atoms with Crippen LogP contribution in [0.3, 0.4) is 0 Å². The fourth-order valence-electron chi connectivity index (χ4n) is 3.45. The highest BCUT2D eigenvalue weighted by Crippen LogP contribution is 2.38. The molecule has 0 heterocycles. The van der Waals surface area contributed by atoms with Crippen LogP contribution < -0.4 is 0 Å². The molecule has 33 heavy (non-hydrogen) atoms. The molecule has 0 bridgehead atoms. The summed E-state index contributed by atoms with van der Waals surface area (Å²) in [5.41, 5.74) is -0.522. The molecular weight excluding hydrogens is 505 g/mol. The van der Waals surface area contributed by atoms with Crippen LogP contribution in [0.4, 0.5) is 0 Å². The maximum Gasteiger partial charge on any atom is 0.145 e. The zero-order chi connectivity index (χ0) is 24.7. The van der Waals surface area contributed by atoms with E-state index in [4.69, 9.17) is 18.9 Å². The Morgan fingerprint density at radius 2 is 0.848 bits per heavy atom. The first-order valence-electron chi connectivity index (χ1n) is 13.5. The van der Waals surface area contributed by atoms with Crippen molar-refractivity contribution in [2.75, 3.05) is 37.9 Å². The fourth-order valence-corrected chi connectivity index (χ4v) is 11.7. The van der Waals surface area contributed by atoms with Crippen LogP contribution in [0.1, 0.15) is 92.9 Å². The highest BCUT2D eigenvalue weighted by atomic mass is 33.5. The Bertz CT molecular complexity index is 344. The summed E-state index contributed by atoms with van der Waals surface area (Å²) in [6, 6.07) is 2.58. The Morgan fingerprint density at radius 1 is 0.515 bits per heavy atom. The minimum Gasteiger partial charge on any atom is -0.354 e. The highest BCUT2D eigenvalue weighted by molar-refractivity contribution is 9.09. The summed E-state index contributed by atoms with van der Waals surface area (Å²) in [5.74, 6) is 2.16. The van der Waals surface area contributed by atoms with Gasteiger partial charge in [0.2, 0.25) is 0 Å². The molecule has 0 radical (unpaired) electrons. The lowest BCUT2D eigenvalue weighted by Gasteiger charge is -2.34. The second-order valence-electron chi connectivity index (χ2n) is 8.63. The molecule has 0 aliphatic carbocycles. The van der Waals surface area contributed by atoms with Crippen LogP contribution in [0, 0.1) is 0 Å². The Labute approximate surface area is 222 Å². The maximum absolute atomic E-state index is 6.35. The van der Waals surface area contributed by atoms with Gasteiger partial charge in [-0.05, 0) is 35.5 Å². The molecule has 0 saturated carbocycles. The molecule has 9 heteroatoms. The van der Waals surface area contributed by atoms with E-state index in [2.05, 4.69) is 41.5 Å². The molecule has 0 spiro atoms. The van der Waals surface area contributed by atoms with Crippen molar-refractivity contribution in [3.8, 4) is 0 Å². The molecule has 0 atom stereocenters. The van der Waals surface area contributed by atoms with Crippen molar-refractivity contribution in [2.45, 2.75) is 116 Å². The van der Waals surface area contributed by atoms with Crippen LogP contribution in [0.2, 0.25) is 12.1 Å². The predicted octanol–water partition coefficient (Wildman–Crippen LogP) is 6.80. The summed E-state index contributed by atoms with van der Waals surface area (Å²) in [4.78, 5) is 0. The summed E-state index contributed by atoms with van der Waals surface area (Å²) in [6.45, 7) is 16.5. The van der Waals surface area contributed by atoms with Crippen molar-refractivity contribution >= 4 is 50.5 Å². The first kappa shape index (κ1) is 34.3. The SMILES string of the molecule is CCCOC(CCSSSCCC(OCCC)(OCCC)[SiH2]CCC)(OCCC)[SiH2]CCC. The van der Waals surface area contributed by atoms with Gasteiger partial charge in [-0.3, -0.25) is 0 Å². The van der Waals surface area contributed by atoms with Crippen LogP contribution in [0.25, 0.3) is 0 Å². The van der Waals surface area contributed by atoms with Crippen molar-refractivity contribution in [3.63, 3.8) is 0 Å². The van der Waals surface area contributed by atoms with Crippen molar-refractivity contribution in [1.29, 1.82) is 0 Å². The molecule has 200 valence electrons. The molecule has 0 aliphatic rings. The lowest BCUT2D eigenvalue weighted by atomic mass is 10.4. The number of ether oxygens (including phenoxy) is 4. The molecule has 0 amide bonds. The predicted molar refractivity (Wildman–Crippen MR) is 159 cm³/mol. The van der Waals surface area contributed by atoms with E-state index >= 15 is 0 Å². The molecule has 0 aromatic rings. The largest absolute Gasteiger partial charge is 0.354 e. The first-order chi connectivity index (χ1) is 16.1. The van der Waals surface area contributed by atoms with E-state index in [1.54, 1.807) is 0 Å². The van der Waals surface area contributed by atoms with Crippen LogP contribution in [-0.2, 0) is 18.9 Å². The average molecular weight is 559 g/mol. The molecule has 0 N–H and O–H groups in total. The highest BCUT2D eigenvalue weighted by Gasteiger charge is 2.32. The zero-order valence-electron chi connectivity index (χ0n) is 22.6. The molecule has 4 nitrogen and oxygen atoms in total. The number of hydrogen-bond donors (Lipinski definition) is 0. The monoisotopic (exact) mass is 558 g/mol. The second kappa shape index (κ2) is 23.7. The van der Waals surface area contributed by atoms with E-state index in [0.29, 0.717) is 0 Å². The maximum atomic E-state index is 6.35. The quantitative estimate of drug-likeness (QED) is 0.0500. The van der Waals surface area contributed by atoms with E-state index in [-0.39, 0.29) is 10.8 Å². The van der Waals surface area contributed by atoms with Gasteiger partial charge in [-0.25, -0.2) is 0 Å². The van der Waals surface area contributed by atoms with Gasteiger partial charge in [0.1, 0.15) is 10.8 Å². The third kappa shape index (κ3) is 17.4.